The van der Waals surface area contributed by atoms with Gasteiger partial charge in [-0.05, 0) is 69.6 Å². The van der Waals surface area contributed by atoms with Gasteiger partial charge in [0.05, 0.1) is 6.10 Å². The van der Waals surface area contributed by atoms with Gasteiger partial charge in [-0.25, -0.2) is 9.59 Å². The number of ether oxygens (including phenoxy) is 2. The van der Waals surface area contributed by atoms with E-state index in [1.54, 1.807) is 4.90 Å². The molecule has 0 spiro atoms. The van der Waals surface area contributed by atoms with Crippen LogP contribution in [0.1, 0.15) is 66.4 Å². The first-order valence-corrected chi connectivity index (χ1v) is 16.2. The van der Waals surface area contributed by atoms with Gasteiger partial charge < -0.3 is 23.7 Å². The van der Waals surface area contributed by atoms with Gasteiger partial charge in [0.1, 0.15) is 12.2 Å². The van der Waals surface area contributed by atoms with E-state index in [1.807, 2.05) is 56.0 Å². The minimum absolute atomic E-state index is 0.0114. The van der Waals surface area contributed by atoms with Crippen LogP contribution in [-0.2, 0) is 20.5 Å². The molecule has 2 aliphatic heterocycles. The largest absolute Gasteiger partial charge is 0.445 e. The lowest BCUT2D eigenvalue weighted by molar-refractivity contribution is 0.0118. The van der Waals surface area contributed by atoms with Crippen LogP contribution in [-0.4, -0.2) is 67.7 Å². The highest BCUT2D eigenvalue weighted by molar-refractivity contribution is 6.74. The Morgan fingerprint density at radius 3 is 2.14 bits per heavy atom. The Morgan fingerprint density at radius 1 is 0.972 bits per heavy atom. The van der Waals surface area contributed by atoms with E-state index in [2.05, 4.69) is 33.9 Å². The first kappa shape index (κ1) is 28.5. The molecule has 0 N–H and O–H groups in total. The molecule has 202 valence electrons. The normalized spacial score (nSPS) is 22.0. The van der Waals surface area contributed by atoms with Crippen molar-refractivity contribution < 1.29 is 23.5 Å². The van der Waals surface area contributed by atoms with E-state index < -0.39 is 13.9 Å². The monoisotopic (exact) mass is 518 g/mol. The standard InChI is InChI=1S/C28H46N2O5Si/c1-27(2,3)34-26(32)30-19-23(35-36(7,8)28(4,5)6)18-24(30)22-14-16-29(17-15-22)25(31)33-20-21-12-10-9-11-13-21/h9-13,22-24H,14-20H2,1-8H3/t23-,24+/m1/s1. The van der Waals surface area contributed by atoms with Crippen LogP contribution >= 0.6 is 0 Å². The van der Waals surface area contributed by atoms with Gasteiger partial charge >= 0.3 is 12.2 Å². The van der Waals surface area contributed by atoms with E-state index in [9.17, 15) is 9.59 Å². The Kier molecular flexibility index (Phi) is 8.81. The van der Waals surface area contributed by atoms with Crippen LogP contribution in [0.15, 0.2) is 30.3 Å². The van der Waals surface area contributed by atoms with Crippen LogP contribution in [0.5, 0.6) is 0 Å². The zero-order valence-electron chi connectivity index (χ0n) is 23.5. The number of benzene rings is 1. The van der Waals surface area contributed by atoms with Crippen molar-refractivity contribution in [1.82, 2.24) is 9.80 Å². The molecule has 1 aromatic carbocycles. The molecule has 0 unspecified atom stereocenters. The van der Waals surface area contributed by atoms with Gasteiger partial charge in [0.25, 0.3) is 0 Å². The summed E-state index contributed by atoms with van der Waals surface area (Å²) in [6.07, 6.45) is 1.95. The van der Waals surface area contributed by atoms with Crippen molar-refractivity contribution in [1.29, 1.82) is 0 Å². The summed E-state index contributed by atoms with van der Waals surface area (Å²) in [6, 6.07) is 9.78. The molecule has 2 atom stereocenters. The zero-order chi connectivity index (χ0) is 26.7. The molecule has 2 fully saturated rings. The van der Waals surface area contributed by atoms with Crippen LogP contribution in [0.4, 0.5) is 9.59 Å². The highest BCUT2D eigenvalue weighted by Gasteiger charge is 2.47. The highest BCUT2D eigenvalue weighted by Crippen LogP contribution is 2.40. The number of hydrogen-bond donors (Lipinski definition) is 0. The molecule has 0 saturated carbocycles. The van der Waals surface area contributed by atoms with Crippen molar-refractivity contribution in [2.24, 2.45) is 5.92 Å². The van der Waals surface area contributed by atoms with Crippen molar-refractivity contribution in [3.05, 3.63) is 35.9 Å². The van der Waals surface area contributed by atoms with Crippen LogP contribution in [0.25, 0.3) is 0 Å². The lowest BCUT2D eigenvalue weighted by Crippen LogP contribution is -2.47. The Bertz CT molecular complexity index is 885. The number of nitrogens with zero attached hydrogens (tertiary/aromatic N) is 2. The topological polar surface area (TPSA) is 68.3 Å². The van der Waals surface area contributed by atoms with E-state index in [0.29, 0.717) is 25.6 Å². The minimum atomic E-state index is -1.97. The number of likely N-dealkylation sites (tertiary alicyclic amines) is 2. The fourth-order valence-electron chi connectivity index (χ4n) is 4.76. The van der Waals surface area contributed by atoms with Crippen molar-refractivity contribution in [3.63, 3.8) is 0 Å². The maximum atomic E-state index is 13.2. The molecule has 8 heteroatoms. The highest BCUT2D eigenvalue weighted by atomic mass is 28.4. The fraction of sp³-hybridized carbons (Fsp3) is 0.714. The van der Waals surface area contributed by atoms with Gasteiger partial charge in [-0.2, -0.15) is 0 Å². The summed E-state index contributed by atoms with van der Waals surface area (Å²) in [6.45, 7) is 19.0. The third kappa shape index (κ3) is 7.48. The van der Waals surface area contributed by atoms with E-state index in [4.69, 9.17) is 13.9 Å². The Morgan fingerprint density at radius 2 is 1.58 bits per heavy atom. The molecule has 2 aliphatic rings. The predicted octanol–water partition coefficient (Wildman–Crippen LogP) is 6.44. The molecule has 2 amide bonds. The number of carbonyl (C=O) groups excluding carboxylic acids is 2. The van der Waals surface area contributed by atoms with Gasteiger partial charge in [-0.1, -0.05) is 51.1 Å². The summed E-state index contributed by atoms with van der Waals surface area (Å²) < 4.78 is 18.0. The Hall–Kier alpha value is -2.06. The molecule has 3 rings (SSSR count). The van der Waals surface area contributed by atoms with E-state index in [0.717, 1.165) is 24.8 Å². The Labute approximate surface area is 218 Å². The van der Waals surface area contributed by atoms with Crippen LogP contribution in [0.3, 0.4) is 0 Å². The van der Waals surface area contributed by atoms with Crippen molar-refractivity contribution in [2.75, 3.05) is 19.6 Å². The molecule has 2 saturated heterocycles. The van der Waals surface area contributed by atoms with Crippen molar-refractivity contribution in [3.8, 4) is 0 Å². The molecule has 1 aromatic rings. The molecule has 0 radical (unpaired) electrons. The first-order valence-electron chi connectivity index (χ1n) is 13.3. The Balaban J connectivity index is 1.62. The average molecular weight is 519 g/mol. The van der Waals surface area contributed by atoms with Crippen LogP contribution in [0, 0.1) is 5.92 Å². The summed E-state index contributed by atoms with van der Waals surface area (Å²) >= 11 is 0. The second kappa shape index (κ2) is 11.1. The smallest absolute Gasteiger partial charge is 0.410 e. The predicted molar refractivity (Wildman–Crippen MR) is 144 cm³/mol. The summed E-state index contributed by atoms with van der Waals surface area (Å²) in [5.41, 5.74) is 0.429. The molecular weight excluding hydrogens is 472 g/mol. The molecule has 0 aromatic heterocycles. The number of carbonyl (C=O) groups is 2. The van der Waals surface area contributed by atoms with E-state index in [-0.39, 0.29) is 36.0 Å². The number of piperidine rings is 1. The molecule has 0 aliphatic carbocycles. The SMILES string of the molecule is CC(C)(C)OC(=O)N1C[C@H](O[Si](C)(C)C(C)(C)C)C[C@H]1C1CCN(C(=O)OCc2ccccc2)CC1. The van der Waals surface area contributed by atoms with Crippen LogP contribution in [0.2, 0.25) is 18.1 Å². The second-order valence-corrected chi connectivity index (χ2v) is 17.6. The zero-order valence-corrected chi connectivity index (χ0v) is 24.5. The molecule has 0 bridgehead atoms. The summed E-state index contributed by atoms with van der Waals surface area (Å²) in [5.74, 6) is 0.295. The van der Waals surface area contributed by atoms with E-state index in [1.165, 1.54) is 0 Å². The summed E-state index contributed by atoms with van der Waals surface area (Å²) in [7, 11) is -1.97. The summed E-state index contributed by atoms with van der Waals surface area (Å²) in [5, 5.41) is 0.104. The van der Waals surface area contributed by atoms with Gasteiger partial charge in [0.15, 0.2) is 8.32 Å². The maximum absolute atomic E-state index is 13.2. The van der Waals surface area contributed by atoms with Gasteiger partial charge in [-0.15, -0.1) is 0 Å². The third-order valence-corrected chi connectivity index (χ3v) is 12.3. The molecule has 36 heavy (non-hydrogen) atoms. The van der Waals surface area contributed by atoms with Crippen molar-refractivity contribution >= 4 is 20.5 Å². The lowest BCUT2D eigenvalue weighted by Gasteiger charge is -2.38. The lowest BCUT2D eigenvalue weighted by atomic mass is 9.88. The van der Waals surface area contributed by atoms with E-state index >= 15 is 0 Å². The number of rotatable bonds is 5. The fourth-order valence-corrected chi connectivity index (χ4v) is 6.12. The number of hydrogen-bond acceptors (Lipinski definition) is 5. The van der Waals surface area contributed by atoms with Crippen molar-refractivity contribution in [2.45, 2.75) is 103 Å². The quantitative estimate of drug-likeness (QED) is 0.420. The minimum Gasteiger partial charge on any atom is -0.445 e. The second-order valence-electron chi connectivity index (χ2n) is 12.8. The average Bonchev–Trinajstić information content (AvgIpc) is 3.20. The molecule has 2 heterocycles. The third-order valence-electron chi connectivity index (χ3n) is 7.75. The molecule has 7 nitrogen and oxygen atoms in total. The summed E-state index contributed by atoms with van der Waals surface area (Å²) in [4.78, 5) is 29.5. The maximum Gasteiger partial charge on any atom is 0.410 e. The first-order chi connectivity index (χ1) is 16.7. The van der Waals surface area contributed by atoms with Crippen LogP contribution < -0.4 is 0 Å². The number of amides is 2. The molecular formula is C28H46N2O5Si. The van der Waals surface area contributed by atoms with Gasteiger partial charge in [-0.3, -0.25) is 0 Å². The van der Waals surface area contributed by atoms with Gasteiger partial charge in [0.2, 0.25) is 0 Å². The van der Waals surface area contributed by atoms with Gasteiger partial charge in [0, 0.05) is 25.7 Å².